The maximum Gasteiger partial charge on any atom is 0.120 e. The summed E-state index contributed by atoms with van der Waals surface area (Å²) in [7, 11) is 1.67. The summed E-state index contributed by atoms with van der Waals surface area (Å²) in [4.78, 5) is 4.20. The summed E-state index contributed by atoms with van der Waals surface area (Å²) in [5.74, 6) is 0.860. The first-order valence-corrected chi connectivity index (χ1v) is 5.53. The first-order valence-electron chi connectivity index (χ1n) is 4.65. The number of thiazole rings is 1. The maximum atomic E-state index is 5.14. The second-order valence-electron chi connectivity index (χ2n) is 3.01. The first kappa shape index (κ1) is 9.98. The van der Waals surface area contributed by atoms with E-state index in [0.29, 0.717) is 0 Å². The number of benzene rings is 1. The van der Waals surface area contributed by atoms with Crippen molar-refractivity contribution in [2.24, 2.45) is 0 Å². The third-order valence-corrected chi connectivity index (χ3v) is 2.78. The van der Waals surface area contributed by atoms with Crippen LogP contribution < -0.4 is 10.1 Å². The summed E-state index contributed by atoms with van der Waals surface area (Å²) in [6.45, 7) is 0.755. The van der Waals surface area contributed by atoms with Crippen LogP contribution in [-0.2, 0) is 6.54 Å². The third kappa shape index (κ3) is 2.70. The van der Waals surface area contributed by atoms with Crippen molar-refractivity contribution in [2.75, 3.05) is 12.4 Å². The lowest BCUT2D eigenvalue weighted by Crippen LogP contribution is -1.98. The molecule has 0 aliphatic rings. The van der Waals surface area contributed by atoms with E-state index >= 15 is 0 Å². The van der Waals surface area contributed by atoms with Crippen LogP contribution in [0.15, 0.2) is 35.8 Å². The van der Waals surface area contributed by atoms with Crippen molar-refractivity contribution in [3.63, 3.8) is 0 Å². The van der Waals surface area contributed by atoms with Crippen LogP contribution in [0, 0.1) is 0 Å². The second-order valence-corrected chi connectivity index (χ2v) is 3.99. The molecule has 15 heavy (non-hydrogen) atoms. The molecule has 78 valence electrons. The summed E-state index contributed by atoms with van der Waals surface area (Å²) in [5, 5.41) is 6.35. The van der Waals surface area contributed by atoms with E-state index in [4.69, 9.17) is 4.74 Å². The average molecular weight is 220 g/mol. The van der Waals surface area contributed by atoms with Crippen molar-refractivity contribution >= 4 is 17.0 Å². The van der Waals surface area contributed by atoms with Crippen LogP contribution >= 0.6 is 11.3 Å². The molecule has 0 amide bonds. The molecule has 3 nitrogen and oxygen atoms in total. The monoisotopic (exact) mass is 220 g/mol. The number of aromatic nitrogens is 1. The van der Waals surface area contributed by atoms with Gasteiger partial charge in [-0.2, -0.15) is 0 Å². The van der Waals surface area contributed by atoms with Crippen molar-refractivity contribution in [3.05, 3.63) is 40.8 Å². The van der Waals surface area contributed by atoms with Crippen LogP contribution in [0.5, 0.6) is 5.75 Å². The fourth-order valence-electron chi connectivity index (χ4n) is 1.25. The molecule has 4 heteroatoms. The number of nitrogens with one attached hydrogen (secondary N) is 1. The molecule has 0 bridgehead atoms. The molecule has 0 saturated carbocycles. The SMILES string of the molecule is COc1cccc(NCc2nccs2)c1. The normalized spacial score (nSPS) is 9.93. The van der Waals surface area contributed by atoms with Gasteiger partial charge in [0.15, 0.2) is 0 Å². The summed E-state index contributed by atoms with van der Waals surface area (Å²) >= 11 is 1.65. The molecule has 2 rings (SSSR count). The van der Waals surface area contributed by atoms with E-state index in [0.717, 1.165) is 23.0 Å². The third-order valence-electron chi connectivity index (χ3n) is 2.00. The Labute approximate surface area is 92.7 Å². The average Bonchev–Trinajstić information content (AvgIpc) is 2.79. The van der Waals surface area contributed by atoms with Crippen LogP contribution in [0.2, 0.25) is 0 Å². The maximum absolute atomic E-state index is 5.14. The molecule has 1 aromatic heterocycles. The van der Waals surface area contributed by atoms with E-state index < -0.39 is 0 Å². The van der Waals surface area contributed by atoms with Gasteiger partial charge in [0.2, 0.25) is 0 Å². The highest BCUT2D eigenvalue weighted by atomic mass is 32.1. The molecular weight excluding hydrogens is 208 g/mol. The van der Waals surface area contributed by atoms with E-state index in [1.54, 1.807) is 18.4 Å². The Morgan fingerprint density at radius 1 is 1.47 bits per heavy atom. The Balaban J connectivity index is 1.98. The minimum atomic E-state index is 0.755. The van der Waals surface area contributed by atoms with Gasteiger partial charge in [0.1, 0.15) is 10.8 Å². The number of methoxy groups -OCH3 is 1. The first-order chi connectivity index (χ1) is 7.38. The van der Waals surface area contributed by atoms with E-state index in [-0.39, 0.29) is 0 Å². The Morgan fingerprint density at radius 2 is 2.40 bits per heavy atom. The van der Waals surface area contributed by atoms with Gasteiger partial charge in [0, 0.05) is 23.3 Å². The van der Waals surface area contributed by atoms with Crippen LogP contribution in [0.4, 0.5) is 5.69 Å². The van der Waals surface area contributed by atoms with E-state index in [2.05, 4.69) is 10.3 Å². The highest BCUT2D eigenvalue weighted by Gasteiger charge is 1.97. The molecule has 0 atom stereocenters. The molecule has 0 aliphatic heterocycles. The van der Waals surface area contributed by atoms with E-state index in [1.807, 2.05) is 35.8 Å². The Morgan fingerprint density at radius 3 is 3.13 bits per heavy atom. The lowest BCUT2D eigenvalue weighted by atomic mass is 10.3. The lowest BCUT2D eigenvalue weighted by Gasteiger charge is -2.05. The van der Waals surface area contributed by atoms with E-state index in [9.17, 15) is 0 Å². The van der Waals surface area contributed by atoms with Gasteiger partial charge in [0.25, 0.3) is 0 Å². The van der Waals surface area contributed by atoms with Crippen molar-refractivity contribution in [1.82, 2.24) is 4.98 Å². The fourth-order valence-corrected chi connectivity index (χ4v) is 1.81. The topological polar surface area (TPSA) is 34.1 Å². The van der Waals surface area contributed by atoms with Crippen LogP contribution in [0.1, 0.15) is 5.01 Å². The molecule has 1 aromatic carbocycles. The van der Waals surface area contributed by atoms with Crippen LogP contribution in [0.3, 0.4) is 0 Å². The fraction of sp³-hybridized carbons (Fsp3) is 0.182. The highest BCUT2D eigenvalue weighted by Crippen LogP contribution is 2.17. The van der Waals surface area contributed by atoms with Gasteiger partial charge in [0.05, 0.1) is 13.7 Å². The van der Waals surface area contributed by atoms with Crippen LogP contribution in [0.25, 0.3) is 0 Å². The summed E-state index contributed by atoms with van der Waals surface area (Å²) in [6.07, 6.45) is 1.81. The van der Waals surface area contributed by atoms with Gasteiger partial charge in [-0.1, -0.05) is 6.07 Å². The molecule has 0 fully saturated rings. The number of ether oxygens (including phenoxy) is 1. The van der Waals surface area contributed by atoms with Gasteiger partial charge >= 0.3 is 0 Å². The zero-order chi connectivity index (χ0) is 10.5. The molecule has 1 N–H and O–H groups in total. The molecule has 0 saturated heterocycles. The number of nitrogens with zero attached hydrogens (tertiary/aromatic N) is 1. The Hall–Kier alpha value is -1.55. The quantitative estimate of drug-likeness (QED) is 0.860. The lowest BCUT2D eigenvalue weighted by molar-refractivity contribution is 0.415. The number of anilines is 1. The van der Waals surface area contributed by atoms with Gasteiger partial charge in [-0.15, -0.1) is 11.3 Å². The van der Waals surface area contributed by atoms with Gasteiger partial charge in [-0.25, -0.2) is 4.98 Å². The van der Waals surface area contributed by atoms with Gasteiger partial charge in [-0.3, -0.25) is 0 Å². The minimum absolute atomic E-state index is 0.755. The van der Waals surface area contributed by atoms with Gasteiger partial charge in [-0.05, 0) is 12.1 Å². The van der Waals surface area contributed by atoms with Crippen molar-refractivity contribution in [1.29, 1.82) is 0 Å². The largest absolute Gasteiger partial charge is 0.497 e. The minimum Gasteiger partial charge on any atom is -0.497 e. The molecule has 1 heterocycles. The predicted octanol–water partition coefficient (Wildman–Crippen LogP) is 2.76. The molecule has 0 aliphatic carbocycles. The zero-order valence-corrected chi connectivity index (χ0v) is 9.25. The van der Waals surface area contributed by atoms with Crippen molar-refractivity contribution in [3.8, 4) is 5.75 Å². The summed E-state index contributed by atoms with van der Waals surface area (Å²) < 4.78 is 5.14. The molecule has 0 radical (unpaired) electrons. The smallest absolute Gasteiger partial charge is 0.120 e. The number of hydrogen-bond donors (Lipinski definition) is 1. The van der Waals surface area contributed by atoms with Crippen LogP contribution in [-0.4, -0.2) is 12.1 Å². The summed E-state index contributed by atoms with van der Waals surface area (Å²) in [5.41, 5.74) is 1.05. The molecular formula is C11H12N2OS. The number of rotatable bonds is 4. The van der Waals surface area contributed by atoms with Gasteiger partial charge < -0.3 is 10.1 Å². The van der Waals surface area contributed by atoms with Crippen molar-refractivity contribution < 1.29 is 4.74 Å². The van der Waals surface area contributed by atoms with E-state index in [1.165, 1.54) is 0 Å². The Bertz CT molecular complexity index is 414. The number of hydrogen-bond acceptors (Lipinski definition) is 4. The summed E-state index contributed by atoms with van der Waals surface area (Å²) in [6, 6.07) is 7.86. The highest BCUT2D eigenvalue weighted by molar-refractivity contribution is 7.09. The predicted molar refractivity (Wildman–Crippen MR) is 62.4 cm³/mol. The molecule has 0 unspecified atom stereocenters. The second kappa shape index (κ2) is 4.79. The zero-order valence-electron chi connectivity index (χ0n) is 8.43. The Kier molecular flexibility index (Phi) is 3.19. The molecule has 0 spiro atoms. The van der Waals surface area contributed by atoms with Crippen molar-refractivity contribution in [2.45, 2.75) is 6.54 Å². The standard InChI is InChI=1S/C11H12N2OS/c1-14-10-4-2-3-9(7-10)13-8-11-12-5-6-15-11/h2-7,13H,8H2,1H3. The molecule has 2 aromatic rings.